The van der Waals surface area contributed by atoms with Gasteiger partial charge in [0.1, 0.15) is 5.75 Å². The van der Waals surface area contributed by atoms with Crippen molar-refractivity contribution in [3.63, 3.8) is 0 Å². The van der Waals surface area contributed by atoms with Gasteiger partial charge in [-0.2, -0.15) is 0 Å². The molecule has 4 aromatic rings. The molecular formula is C23H18ClN3O6S2. The fourth-order valence-corrected chi connectivity index (χ4v) is 5.81. The van der Waals surface area contributed by atoms with Crippen molar-refractivity contribution in [1.29, 1.82) is 0 Å². The molecule has 0 spiro atoms. The third kappa shape index (κ3) is 4.92. The van der Waals surface area contributed by atoms with E-state index in [1.807, 2.05) is 0 Å². The summed E-state index contributed by atoms with van der Waals surface area (Å²) in [5.41, 5.74) is 0.561. The zero-order chi connectivity index (χ0) is 25.3. The monoisotopic (exact) mass is 531 g/mol. The molecule has 12 heteroatoms. The Kier molecular flexibility index (Phi) is 6.66. The summed E-state index contributed by atoms with van der Waals surface area (Å²) in [4.78, 5) is 23.5. The second-order valence-corrected chi connectivity index (χ2v) is 10.8. The second-order valence-electron chi connectivity index (χ2n) is 7.36. The van der Waals surface area contributed by atoms with Crippen molar-refractivity contribution in [3.05, 3.63) is 86.7 Å². The largest absolute Gasteiger partial charge is 0.495 e. The standard InChI is InChI=1S/C23H18ClN3O6S2/c1-26(35(31,32)18-7-8-20(33-2)19(24)13-18)16-6-9-21-14(10-16)11-22(34-21)23(28)25-15-4-3-5-17(12-15)27(29)30/h3-13H,1-2H3,(H,25,28). The molecule has 0 aliphatic heterocycles. The van der Waals surface area contributed by atoms with Crippen LogP contribution >= 0.6 is 22.9 Å². The Bertz CT molecular complexity index is 1570. The molecule has 0 unspecified atom stereocenters. The van der Waals surface area contributed by atoms with Crippen LogP contribution in [0.4, 0.5) is 17.1 Å². The molecular weight excluding hydrogens is 514 g/mol. The minimum atomic E-state index is -3.91. The minimum Gasteiger partial charge on any atom is -0.495 e. The summed E-state index contributed by atoms with van der Waals surface area (Å²) in [6.45, 7) is 0. The molecule has 1 amide bonds. The Labute approximate surface area is 209 Å². The van der Waals surface area contributed by atoms with E-state index in [9.17, 15) is 23.3 Å². The van der Waals surface area contributed by atoms with Crippen molar-refractivity contribution < 1.29 is 22.9 Å². The van der Waals surface area contributed by atoms with Crippen molar-refractivity contribution in [2.75, 3.05) is 23.8 Å². The van der Waals surface area contributed by atoms with E-state index in [1.165, 1.54) is 61.9 Å². The molecule has 3 aromatic carbocycles. The number of hydrogen-bond donors (Lipinski definition) is 1. The number of sulfonamides is 1. The number of non-ortho nitro benzene ring substituents is 1. The average molecular weight is 532 g/mol. The number of fused-ring (bicyclic) bond motifs is 1. The highest BCUT2D eigenvalue weighted by molar-refractivity contribution is 7.92. The van der Waals surface area contributed by atoms with Crippen LogP contribution < -0.4 is 14.4 Å². The molecule has 0 radical (unpaired) electrons. The summed E-state index contributed by atoms with van der Waals surface area (Å²) in [5, 5.41) is 14.5. The number of carbonyl (C=O) groups excluding carboxylic acids is 1. The predicted molar refractivity (Wildman–Crippen MR) is 136 cm³/mol. The average Bonchev–Trinajstić information content (AvgIpc) is 3.27. The number of benzene rings is 3. The Balaban J connectivity index is 1.59. The Hall–Kier alpha value is -3.67. The molecule has 0 saturated carbocycles. The van der Waals surface area contributed by atoms with E-state index in [0.717, 1.165) is 9.01 Å². The van der Waals surface area contributed by atoms with Gasteiger partial charge in [-0.3, -0.25) is 19.2 Å². The lowest BCUT2D eigenvalue weighted by Crippen LogP contribution is -2.26. The van der Waals surface area contributed by atoms with Gasteiger partial charge in [-0.25, -0.2) is 8.42 Å². The van der Waals surface area contributed by atoms with Crippen LogP contribution in [0, 0.1) is 10.1 Å². The summed E-state index contributed by atoms with van der Waals surface area (Å²) in [6.07, 6.45) is 0. The molecule has 1 heterocycles. The van der Waals surface area contributed by atoms with Gasteiger partial charge in [-0.1, -0.05) is 17.7 Å². The summed E-state index contributed by atoms with van der Waals surface area (Å²) in [5.74, 6) is -0.0639. The van der Waals surface area contributed by atoms with Crippen LogP contribution in [0.3, 0.4) is 0 Å². The number of hydrogen-bond acceptors (Lipinski definition) is 7. The lowest BCUT2D eigenvalue weighted by atomic mass is 10.2. The highest BCUT2D eigenvalue weighted by Gasteiger charge is 2.23. The van der Waals surface area contributed by atoms with E-state index in [2.05, 4.69) is 5.32 Å². The lowest BCUT2D eigenvalue weighted by Gasteiger charge is -2.20. The van der Waals surface area contributed by atoms with Gasteiger partial charge in [0.05, 0.1) is 32.5 Å². The molecule has 0 saturated heterocycles. The van der Waals surface area contributed by atoms with Crippen molar-refractivity contribution >= 4 is 66.0 Å². The van der Waals surface area contributed by atoms with Gasteiger partial charge in [0.2, 0.25) is 0 Å². The summed E-state index contributed by atoms with van der Waals surface area (Å²) in [6, 6.07) is 16.5. The van der Waals surface area contributed by atoms with E-state index in [0.29, 0.717) is 27.4 Å². The third-order valence-electron chi connectivity index (χ3n) is 5.18. The van der Waals surface area contributed by atoms with Gasteiger partial charge >= 0.3 is 0 Å². The van der Waals surface area contributed by atoms with Crippen molar-refractivity contribution in [3.8, 4) is 5.75 Å². The minimum absolute atomic E-state index is 0.00763. The van der Waals surface area contributed by atoms with Crippen LogP contribution in [-0.4, -0.2) is 33.4 Å². The molecule has 0 fully saturated rings. The number of nitrogens with one attached hydrogen (secondary N) is 1. The molecule has 1 aromatic heterocycles. The van der Waals surface area contributed by atoms with E-state index in [4.69, 9.17) is 16.3 Å². The number of thiophene rings is 1. The number of halogens is 1. The maximum absolute atomic E-state index is 13.1. The summed E-state index contributed by atoms with van der Waals surface area (Å²) >= 11 is 7.32. The van der Waals surface area contributed by atoms with Crippen LogP contribution in [0.2, 0.25) is 5.02 Å². The van der Waals surface area contributed by atoms with Crippen molar-refractivity contribution in [2.24, 2.45) is 0 Å². The Morgan fingerprint density at radius 1 is 1.11 bits per heavy atom. The fourth-order valence-electron chi connectivity index (χ4n) is 3.33. The third-order valence-corrected chi connectivity index (χ3v) is 8.38. The molecule has 0 bridgehead atoms. The summed E-state index contributed by atoms with van der Waals surface area (Å²) in [7, 11) is -1.04. The van der Waals surface area contributed by atoms with Crippen molar-refractivity contribution in [2.45, 2.75) is 4.90 Å². The Morgan fingerprint density at radius 2 is 1.89 bits per heavy atom. The van der Waals surface area contributed by atoms with E-state index < -0.39 is 20.9 Å². The van der Waals surface area contributed by atoms with Crippen LogP contribution in [0.5, 0.6) is 5.75 Å². The highest BCUT2D eigenvalue weighted by atomic mass is 35.5. The predicted octanol–water partition coefficient (Wildman–Crippen LogP) is 5.55. The number of ether oxygens (including phenoxy) is 1. The fraction of sp³-hybridized carbons (Fsp3) is 0.0870. The van der Waals surface area contributed by atoms with Crippen LogP contribution in [0.25, 0.3) is 10.1 Å². The number of nitrogens with zero attached hydrogens (tertiary/aromatic N) is 2. The first-order valence-corrected chi connectivity index (χ1v) is 12.7. The molecule has 0 aliphatic rings. The maximum atomic E-state index is 13.1. The van der Waals surface area contributed by atoms with Gasteiger partial charge in [-0.15, -0.1) is 11.3 Å². The van der Waals surface area contributed by atoms with E-state index in [-0.39, 0.29) is 15.6 Å². The zero-order valence-corrected chi connectivity index (χ0v) is 20.8. The second kappa shape index (κ2) is 9.53. The first-order chi connectivity index (χ1) is 16.6. The van der Waals surface area contributed by atoms with Gasteiger partial charge in [-0.05, 0) is 53.9 Å². The highest BCUT2D eigenvalue weighted by Crippen LogP contribution is 2.33. The topological polar surface area (TPSA) is 119 Å². The Morgan fingerprint density at radius 3 is 2.57 bits per heavy atom. The number of anilines is 2. The van der Waals surface area contributed by atoms with Gasteiger partial charge in [0, 0.05) is 29.6 Å². The molecule has 180 valence electrons. The number of nitro groups is 1. The number of carbonyl (C=O) groups is 1. The molecule has 1 N–H and O–H groups in total. The number of methoxy groups -OCH3 is 1. The van der Waals surface area contributed by atoms with Gasteiger partial charge in [0.25, 0.3) is 21.6 Å². The first kappa shape index (κ1) is 24.5. The van der Waals surface area contributed by atoms with Crippen LogP contribution in [0.1, 0.15) is 9.67 Å². The quantitative estimate of drug-likeness (QED) is 0.247. The van der Waals surface area contributed by atoms with Gasteiger partial charge in [0.15, 0.2) is 0 Å². The van der Waals surface area contributed by atoms with E-state index >= 15 is 0 Å². The zero-order valence-electron chi connectivity index (χ0n) is 18.4. The van der Waals surface area contributed by atoms with Crippen LogP contribution in [-0.2, 0) is 10.0 Å². The normalized spacial score (nSPS) is 11.3. The van der Waals surface area contributed by atoms with Gasteiger partial charge < -0.3 is 10.1 Å². The molecule has 0 aliphatic carbocycles. The first-order valence-electron chi connectivity index (χ1n) is 10.0. The molecule has 0 atom stereocenters. The molecule has 4 rings (SSSR count). The number of amides is 1. The maximum Gasteiger partial charge on any atom is 0.271 e. The SMILES string of the molecule is COc1ccc(S(=O)(=O)N(C)c2ccc3sc(C(=O)Nc4cccc([N+](=O)[O-])c4)cc3c2)cc1Cl. The van der Waals surface area contributed by atoms with Crippen LogP contribution in [0.15, 0.2) is 71.6 Å². The molecule has 35 heavy (non-hydrogen) atoms. The number of nitro benzene ring substituents is 1. The lowest BCUT2D eigenvalue weighted by molar-refractivity contribution is -0.384. The van der Waals surface area contributed by atoms with E-state index in [1.54, 1.807) is 30.3 Å². The number of rotatable bonds is 7. The molecule has 9 nitrogen and oxygen atoms in total. The van der Waals surface area contributed by atoms with Crippen molar-refractivity contribution in [1.82, 2.24) is 0 Å². The smallest absolute Gasteiger partial charge is 0.271 e. The summed E-state index contributed by atoms with van der Waals surface area (Å²) < 4.78 is 33.2.